The standard InChI is InChI=1S/C10H12O2/c1-6-3-4-8-7(2)10(11)12-5-9(6)8/h3,5,7-8H,4H2,1-2H3. The first-order valence-electron chi connectivity index (χ1n) is 4.28. The number of carbonyl (C=O) groups is 1. The van der Waals surface area contributed by atoms with Gasteiger partial charge in [-0.3, -0.25) is 4.79 Å². The second kappa shape index (κ2) is 2.47. The van der Waals surface area contributed by atoms with E-state index in [9.17, 15) is 4.79 Å². The van der Waals surface area contributed by atoms with E-state index in [0.29, 0.717) is 5.92 Å². The molecule has 0 amide bonds. The van der Waals surface area contributed by atoms with Crippen molar-refractivity contribution in [3.8, 4) is 0 Å². The van der Waals surface area contributed by atoms with E-state index in [1.165, 1.54) is 11.1 Å². The Morgan fingerprint density at radius 3 is 3.08 bits per heavy atom. The van der Waals surface area contributed by atoms with Crippen LogP contribution in [0.1, 0.15) is 20.3 Å². The number of carbonyl (C=O) groups excluding carboxylic acids is 1. The van der Waals surface area contributed by atoms with Gasteiger partial charge in [0.1, 0.15) is 0 Å². The summed E-state index contributed by atoms with van der Waals surface area (Å²) >= 11 is 0. The highest BCUT2D eigenvalue weighted by atomic mass is 16.5. The molecule has 0 aromatic heterocycles. The molecule has 2 heteroatoms. The Bertz CT molecular complexity index is 286. The molecule has 12 heavy (non-hydrogen) atoms. The first-order valence-corrected chi connectivity index (χ1v) is 4.28. The minimum absolute atomic E-state index is 0.0266. The van der Waals surface area contributed by atoms with Crippen molar-refractivity contribution in [2.75, 3.05) is 0 Å². The van der Waals surface area contributed by atoms with E-state index in [0.717, 1.165) is 6.42 Å². The molecule has 2 rings (SSSR count). The van der Waals surface area contributed by atoms with Crippen LogP contribution < -0.4 is 0 Å². The van der Waals surface area contributed by atoms with E-state index in [1.807, 2.05) is 6.92 Å². The van der Waals surface area contributed by atoms with E-state index < -0.39 is 0 Å². The highest BCUT2D eigenvalue weighted by molar-refractivity contribution is 5.75. The van der Waals surface area contributed by atoms with Crippen molar-refractivity contribution in [2.24, 2.45) is 11.8 Å². The van der Waals surface area contributed by atoms with Crippen LogP contribution >= 0.6 is 0 Å². The topological polar surface area (TPSA) is 26.3 Å². The second-order valence-electron chi connectivity index (χ2n) is 3.53. The average molecular weight is 164 g/mol. The zero-order chi connectivity index (χ0) is 8.72. The molecule has 1 aliphatic carbocycles. The minimum Gasteiger partial charge on any atom is -0.434 e. The van der Waals surface area contributed by atoms with Crippen LogP contribution in [0.4, 0.5) is 0 Å². The number of allylic oxidation sites excluding steroid dienone is 3. The molecule has 1 aliphatic heterocycles. The maximum atomic E-state index is 11.2. The van der Waals surface area contributed by atoms with Crippen LogP contribution in [0.5, 0.6) is 0 Å². The molecule has 2 atom stereocenters. The summed E-state index contributed by atoms with van der Waals surface area (Å²) in [6.45, 7) is 4.00. The third-order valence-corrected chi connectivity index (χ3v) is 2.81. The number of rotatable bonds is 0. The molecular weight excluding hydrogens is 152 g/mol. The number of cyclic esters (lactones) is 1. The van der Waals surface area contributed by atoms with Crippen LogP contribution in [0, 0.1) is 11.8 Å². The molecule has 0 bridgehead atoms. The fourth-order valence-electron chi connectivity index (χ4n) is 1.89. The van der Waals surface area contributed by atoms with E-state index in [1.54, 1.807) is 6.26 Å². The van der Waals surface area contributed by atoms with E-state index in [-0.39, 0.29) is 11.9 Å². The lowest BCUT2D eigenvalue weighted by molar-refractivity contribution is -0.145. The van der Waals surface area contributed by atoms with Gasteiger partial charge in [0.15, 0.2) is 0 Å². The van der Waals surface area contributed by atoms with Crippen LogP contribution in [0.15, 0.2) is 23.5 Å². The quantitative estimate of drug-likeness (QED) is 0.512. The van der Waals surface area contributed by atoms with Crippen molar-refractivity contribution in [2.45, 2.75) is 20.3 Å². The highest BCUT2D eigenvalue weighted by Crippen LogP contribution is 2.39. The van der Waals surface area contributed by atoms with Gasteiger partial charge < -0.3 is 4.74 Å². The molecule has 64 valence electrons. The molecule has 0 spiro atoms. The normalized spacial score (nSPS) is 33.7. The number of fused-ring (bicyclic) bond motifs is 1. The van der Waals surface area contributed by atoms with Crippen molar-refractivity contribution >= 4 is 5.97 Å². The van der Waals surface area contributed by atoms with Gasteiger partial charge in [-0.25, -0.2) is 0 Å². The molecular formula is C10H12O2. The molecule has 2 unspecified atom stereocenters. The number of hydrogen-bond donors (Lipinski definition) is 0. The Kier molecular flexibility index (Phi) is 1.56. The Morgan fingerprint density at radius 2 is 2.33 bits per heavy atom. The van der Waals surface area contributed by atoms with Gasteiger partial charge in [-0.05, 0) is 24.5 Å². The third-order valence-electron chi connectivity index (χ3n) is 2.81. The summed E-state index contributed by atoms with van der Waals surface area (Å²) in [6.07, 6.45) is 4.79. The molecule has 0 aromatic rings. The largest absolute Gasteiger partial charge is 0.434 e. The highest BCUT2D eigenvalue weighted by Gasteiger charge is 2.34. The van der Waals surface area contributed by atoms with Crippen LogP contribution in [0.2, 0.25) is 0 Å². The third kappa shape index (κ3) is 0.909. The van der Waals surface area contributed by atoms with Crippen molar-refractivity contribution < 1.29 is 9.53 Å². The van der Waals surface area contributed by atoms with E-state index in [4.69, 9.17) is 4.74 Å². The second-order valence-corrected chi connectivity index (χ2v) is 3.53. The molecule has 2 aliphatic rings. The van der Waals surface area contributed by atoms with Gasteiger partial charge in [-0.2, -0.15) is 0 Å². The van der Waals surface area contributed by atoms with Crippen molar-refractivity contribution in [3.05, 3.63) is 23.5 Å². The monoisotopic (exact) mass is 164 g/mol. The van der Waals surface area contributed by atoms with Gasteiger partial charge in [-0.15, -0.1) is 0 Å². The van der Waals surface area contributed by atoms with Gasteiger partial charge in [0, 0.05) is 5.92 Å². The van der Waals surface area contributed by atoms with Gasteiger partial charge in [0.2, 0.25) is 0 Å². The lowest BCUT2D eigenvalue weighted by atomic mass is 9.86. The zero-order valence-corrected chi connectivity index (χ0v) is 7.33. The minimum atomic E-state index is -0.0909. The fourth-order valence-corrected chi connectivity index (χ4v) is 1.89. The fraction of sp³-hybridized carbons (Fsp3) is 0.500. The van der Waals surface area contributed by atoms with Crippen molar-refractivity contribution in [3.63, 3.8) is 0 Å². The molecule has 0 saturated carbocycles. The maximum absolute atomic E-state index is 11.2. The number of esters is 1. The Balaban J connectivity index is 2.33. The van der Waals surface area contributed by atoms with Gasteiger partial charge in [0.05, 0.1) is 12.2 Å². The summed E-state index contributed by atoms with van der Waals surface area (Å²) in [4.78, 5) is 11.2. The predicted molar refractivity (Wildman–Crippen MR) is 45.2 cm³/mol. The molecule has 0 N–H and O–H groups in total. The summed E-state index contributed by atoms with van der Waals surface area (Å²) in [5.74, 6) is 0.316. The van der Waals surface area contributed by atoms with Crippen LogP contribution in [-0.2, 0) is 9.53 Å². The molecule has 0 fully saturated rings. The molecule has 0 radical (unpaired) electrons. The Hall–Kier alpha value is -1.05. The smallest absolute Gasteiger partial charge is 0.314 e. The first kappa shape index (κ1) is 7.59. The summed E-state index contributed by atoms with van der Waals surface area (Å²) in [7, 11) is 0. The average Bonchev–Trinajstić information content (AvgIpc) is 2.41. The summed E-state index contributed by atoms with van der Waals surface area (Å²) in [5.41, 5.74) is 2.47. The SMILES string of the molecule is CC1=CCC2C1=COC(=O)C2C. The maximum Gasteiger partial charge on any atom is 0.314 e. The van der Waals surface area contributed by atoms with Crippen molar-refractivity contribution in [1.82, 2.24) is 0 Å². The Morgan fingerprint density at radius 1 is 1.58 bits per heavy atom. The first-order chi connectivity index (χ1) is 5.70. The van der Waals surface area contributed by atoms with Gasteiger partial charge in [0.25, 0.3) is 0 Å². The van der Waals surface area contributed by atoms with Crippen LogP contribution in [-0.4, -0.2) is 5.97 Å². The van der Waals surface area contributed by atoms with Gasteiger partial charge >= 0.3 is 5.97 Å². The predicted octanol–water partition coefficient (Wildman–Crippen LogP) is 2.03. The van der Waals surface area contributed by atoms with E-state index in [2.05, 4.69) is 13.0 Å². The molecule has 1 heterocycles. The number of ether oxygens (including phenoxy) is 1. The van der Waals surface area contributed by atoms with Crippen LogP contribution in [0.25, 0.3) is 0 Å². The van der Waals surface area contributed by atoms with Crippen molar-refractivity contribution in [1.29, 1.82) is 0 Å². The van der Waals surface area contributed by atoms with Gasteiger partial charge in [-0.1, -0.05) is 13.0 Å². The zero-order valence-electron chi connectivity index (χ0n) is 7.33. The van der Waals surface area contributed by atoms with Crippen LogP contribution in [0.3, 0.4) is 0 Å². The van der Waals surface area contributed by atoms with E-state index >= 15 is 0 Å². The molecule has 0 aromatic carbocycles. The molecule has 0 saturated heterocycles. The lowest BCUT2D eigenvalue weighted by Crippen LogP contribution is -2.25. The Labute approximate surface area is 71.9 Å². The summed E-state index contributed by atoms with van der Waals surface area (Å²) in [5, 5.41) is 0. The summed E-state index contributed by atoms with van der Waals surface area (Å²) < 4.78 is 4.93. The lowest BCUT2D eigenvalue weighted by Gasteiger charge is -2.23. The number of hydrogen-bond acceptors (Lipinski definition) is 2. The summed E-state index contributed by atoms with van der Waals surface area (Å²) in [6, 6.07) is 0. The molecule has 2 nitrogen and oxygen atoms in total.